The van der Waals surface area contributed by atoms with Crippen molar-refractivity contribution in [3.05, 3.63) is 46.4 Å². The Bertz CT molecular complexity index is 290. The van der Waals surface area contributed by atoms with Gasteiger partial charge in [-0.05, 0) is 6.07 Å². The van der Waals surface area contributed by atoms with Crippen LogP contribution in [0.15, 0.2) is 24.3 Å². The van der Waals surface area contributed by atoms with E-state index in [4.69, 9.17) is 0 Å². The molecule has 0 aliphatic carbocycles. The first-order chi connectivity index (χ1) is 6.75. The predicted octanol–water partition coefficient (Wildman–Crippen LogP) is 3.58. The van der Waals surface area contributed by atoms with E-state index in [2.05, 4.69) is 0 Å². The number of nitro benzene ring substituents is 1. The third kappa shape index (κ3) is 5.90. The average molecular weight is 283 g/mol. The zero-order valence-electron chi connectivity index (χ0n) is 9.43. The van der Waals surface area contributed by atoms with Crippen molar-refractivity contribution in [2.45, 2.75) is 27.2 Å². The van der Waals surface area contributed by atoms with Gasteiger partial charge in [-0.3, -0.25) is 10.1 Å². The van der Waals surface area contributed by atoms with E-state index in [1.54, 1.807) is 18.2 Å². The molecule has 0 bridgehead atoms. The third-order valence-corrected chi connectivity index (χ3v) is 1.56. The smallest absolute Gasteiger partial charge is 0.170 e. The monoisotopic (exact) mass is 283 g/mol. The van der Waals surface area contributed by atoms with Crippen LogP contribution in [0.2, 0.25) is 0 Å². The van der Waals surface area contributed by atoms with Crippen LogP contribution in [-0.2, 0) is 32.7 Å². The minimum atomic E-state index is -0.360. The van der Waals surface area contributed by atoms with Crippen molar-refractivity contribution in [3.8, 4) is 0 Å². The summed E-state index contributed by atoms with van der Waals surface area (Å²) in [7, 11) is 0. The molecule has 0 fully saturated rings. The largest absolute Gasteiger partial charge is 0.270 e. The van der Waals surface area contributed by atoms with Gasteiger partial charge in [0.1, 0.15) is 0 Å². The van der Waals surface area contributed by atoms with Gasteiger partial charge in [-0.25, -0.2) is 0 Å². The summed E-state index contributed by atoms with van der Waals surface area (Å²) in [5.74, 6) is 0. The molecule has 81 valence electrons. The number of benzene rings is 1. The summed E-state index contributed by atoms with van der Waals surface area (Å²) in [6.45, 7) is 5.96. The summed E-state index contributed by atoms with van der Waals surface area (Å²) in [5.41, 5.74) is 0.879. The Morgan fingerprint density at radius 2 is 1.87 bits per heavy atom. The van der Waals surface area contributed by atoms with Crippen molar-refractivity contribution in [1.82, 2.24) is 0 Å². The molecule has 0 amide bonds. The van der Waals surface area contributed by atoms with Gasteiger partial charge in [0.25, 0.3) is 0 Å². The Morgan fingerprint density at radius 3 is 2.33 bits per heavy atom. The molecule has 1 aromatic carbocycles. The van der Waals surface area contributed by atoms with Gasteiger partial charge < -0.3 is 0 Å². The van der Waals surface area contributed by atoms with Crippen LogP contribution < -0.4 is 0 Å². The summed E-state index contributed by atoms with van der Waals surface area (Å²) < 4.78 is 0. The molecule has 1 aromatic rings. The van der Waals surface area contributed by atoms with Gasteiger partial charge in [-0.1, -0.05) is 33.3 Å². The minimum absolute atomic E-state index is 0. The van der Waals surface area contributed by atoms with Crippen LogP contribution in [0.3, 0.4) is 0 Å². The summed E-state index contributed by atoms with van der Waals surface area (Å²) in [6, 6.07) is 6.74. The zero-order chi connectivity index (χ0) is 11.0. The molecular formula is C11H16NO2Y-. The van der Waals surface area contributed by atoms with Crippen LogP contribution in [0, 0.1) is 16.5 Å². The van der Waals surface area contributed by atoms with Crippen LogP contribution in [0.5, 0.6) is 0 Å². The maximum absolute atomic E-state index is 10.5. The number of hydrogen-bond donors (Lipinski definition) is 0. The standard InChI is InChI=1S/C9H10NO2.C2H6.Y/c1-2-5-8-6-3-4-7-9(8)10(11)12;1-2;/h3-7H,2H2,1H3;1-2H3;/q-1;;. The Balaban J connectivity index is 0. The van der Waals surface area contributed by atoms with E-state index in [1.165, 1.54) is 6.07 Å². The SMILES string of the molecule is CC.CC[CH-]c1ccccc1[N+](=O)[O-].[Y]. The van der Waals surface area contributed by atoms with Crippen LogP contribution >= 0.6 is 0 Å². The van der Waals surface area contributed by atoms with Crippen molar-refractivity contribution in [2.24, 2.45) is 0 Å². The molecule has 0 aromatic heterocycles. The van der Waals surface area contributed by atoms with Gasteiger partial charge in [-0.15, -0.1) is 11.6 Å². The van der Waals surface area contributed by atoms with Crippen LogP contribution in [0.25, 0.3) is 0 Å². The molecule has 3 nitrogen and oxygen atoms in total. The summed E-state index contributed by atoms with van der Waals surface area (Å²) >= 11 is 0. The molecule has 1 rings (SSSR count). The number of nitro groups is 1. The molecule has 1 radical (unpaired) electrons. The molecule has 0 aliphatic rings. The summed E-state index contributed by atoms with van der Waals surface area (Å²) in [4.78, 5) is 10.1. The van der Waals surface area contributed by atoms with E-state index < -0.39 is 0 Å². The zero-order valence-corrected chi connectivity index (χ0v) is 12.3. The van der Waals surface area contributed by atoms with Crippen LogP contribution in [0.1, 0.15) is 32.8 Å². The molecule has 0 unspecified atom stereocenters. The third-order valence-electron chi connectivity index (χ3n) is 1.56. The van der Waals surface area contributed by atoms with Crippen molar-refractivity contribution >= 4 is 5.69 Å². The Kier molecular flexibility index (Phi) is 11.5. The van der Waals surface area contributed by atoms with Gasteiger partial charge in [0.2, 0.25) is 0 Å². The maximum Gasteiger partial charge on any atom is 0.170 e. The van der Waals surface area contributed by atoms with Gasteiger partial charge >= 0.3 is 0 Å². The van der Waals surface area contributed by atoms with E-state index in [0.29, 0.717) is 5.56 Å². The molecule has 4 heteroatoms. The molecule has 0 saturated carbocycles. The molecule has 0 aliphatic heterocycles. The second-order valence-electron chi connectivity index (χ2n) is 2.43. The number of para-hydroxylation sites is 1. The van der Waals surface area contributed by atoms with E-state index in [-0.39, 0.29) is 43.3 Å². The fraction of sp³-hybridized carbons (Fsp3) is 0.364. The second kappa shape index (κ2) is 10.1. The van der Waals surface area contributed by atoms with E-state index in [9.17, 15) is 10.1 Å². The fourth-order valence-corrected chi connectivity index (χ4v) is 1.05. The number of hydrogen-bond acceptors (Lipinski definition) is 2. The van der Waals surface area contributed by atoms with E-state index in [0.717, 1.165) is 6.42 Å². The first-order valence-corrected chi connectivity index (χ1v) is 4.82. The first-order valence-electron chi connectivity index (χ1n) is 4.82. The van der Waals surface area contributed by atoms with Crippen LogP contribution in [0.4, 0.5) is 5.69 Å². The summed E-state index contributed by atoms with van der Waals surface area (Å²) in [5, 5.41) is 10.5. The molecule has 0 saturated heterocycles. The average Bonchev–Trinajstić information content (AvgIpc) is 2.22. The molecular weight excluding hydrogens is 267 g/mol. The second-order valence-corrected chi connectivity index (χ2v) is 2.43. The van der Waals surface area contributed by atoms with Gasteiger partial charge in [0.05, 0.1) is 0 Å². The molecule has 0 spiro atoms. The van der Waals surface area contributed by atoms with Crippen molar-refractivity contribution < 1.29 is 37.6 Å². The van der Waals surface area contributed by atoms with Crippen molar-refractivity contribution in [1.29, 1.82) is 0 Å². The van der Waals surface area contributed by atoms with Gasteiger partial charge in [0, 0.05) is 37.6 Å². The minimum Gasteiger partial charge on any atom is -0.270 e. The molecule has 0 N–H and O–H groups in total. The predicted molar refractivity (Wildman–Crippen MR) is 58.1 cm³/mol. The topological polar surface area (TPSA) is 43.1 Å². The fourth-order valence-electron chi connectivity index (χ4n) is 1.05. The Hall–Kier alpha value is -0.406. The van der Waals surface area contributed by atoms with E-state index in [1.807, 2.05) is 27.2 Å². The molecule has 0 heterocycles. The first kappa shape index (κ1) is 17.0. The van der Waals surface area contributed by atoms with E-state index >= 15 is 0 Å². The molecule has 15 heavy (non-hydrogen) atoms. The normalized spacial score (nSPS) is 7.93. The van der Waals surface area contributed by atoms with Crippen LogP contribution in [-0.4, -0.2) is 4.92 Å². The van der Waals surface area contributed by atoms with Crippen molar-refractivity contribution in [2.75, 3.05) is 0 Å². The Morgan fingerprint density at radius 1 is 1.33 bits per heavy atom. The number of nitrogens with zero attached hydrogens (tertiary/aromatic N) is 1. The Labute approximate surface area is 116 Å². The van der Waals surface area contributed by atoms with Gasteiger partial charge in [-0.2, -0.15) is 12.5 Å². The maximum atomic E-state index is 10.5. The van der Waals surface area contributed by atoms with Gasteiger partial charge in [0.15, 0.2) is 5.69 Å². The van der Waals surface area contributed by atoms with Crippen molar-refractivity contribution in [3.63, 3.8) is 0 Å². The molecule has 0 atom stereocenters. The number of rotatable bonds is 3. The quantitative estimate of drug-likeness (QED) is 0.483. The summed E-state index contributed by atoms with van der Waals surface area (Å²) in [6.07, 6.45) is 2.66.